The molecule has 2 aromatic heterocycles. The molecule has 0 unspecified atom stereocenters. The average molecular weight is 433 g/mol. The summed E-state index contributed by atoms with van der Waals surface area (Å²) in [6, 6.07) is 7.21. The number of ether oxygens (including phenoxy) is 1. The molecule has 1 aliphatic rings. The highest BCUT2D eigenvalue weighted by atomic mass is 32.1. The summed E-state index contributed by atoms with van der Waals surface area (Å²) in [4.78, 5) is 18.3. The van der Waals surface area contributed by atoms with Crippen LogP contribution in [-0.2, 0) is 13.2 Å². The molecular formula is C21H21F2N3O3S. The van der Waals surface area contributed by atoms with E-state index < -0.39 is 11.6 Å². The van der Waals surface area contributed by atoms with Crippen molar-refractivity contribution in [1.82, 2.24) is 15.0 Å². The van der Waals surface area contributed by atoms with Crippen LogP contribution in [0.2, 0.25) is 0 Å². The van der Waals surface area contributed by atoms with Crippen molar-refractivity contribution in [2.75, 3.05) is 26.2 Å². The van der Waals surface area contributed by atoms with E-state index in [1.807, 2.05) is 6.07 Å². The molecule has 3 heterocycles. The number of benzene rings is 1. The summed E-state index contributed by atoms with van der Waals surface area (Å²) in [7, 11) is 0. The van der Waals surface area contributed by atoms with Crippen molar-refractivity contribution in [1.29, 1.82) is 0 Å². The monoisotopic (exact) mass is 433 g/mol. The molecule has 1 aromatic carbocycles. The first kappa shape index (κ1) is 20.5. The fourth-order valence-electron chi connectivity index (χ4n) is 3.35. The van der Waals surface area contributed by atoms with Crippen LogP contribution in [0.1, 0.15) is 26.7 Å². The minimum atomic E-state index is -0.807. The van der Waals surface area contributed by atoms with E-state index in [0.717, 1.165) is 31.8 Å². The number of aryl methyl sites for hydroxylation is 1. The minimum Gasteiger partial charge on any atom is -0.486 e. The first-order chi connectivity index (χ1) is 14.5. The largest absolute Gasteiger partial charge is 0.486 e. The van der Waals surface area contributed by atoms with Gasteiger partial charge in [-0.3, -0.25) is 9.69 Å². The van der Waals surface area contributed by atoms with E-state index >= 15 is 0 Å². The first-order valence-corrected chi connectivity index (χ1v) is 10.5. The Morgan fingerprint density at radius 2 is 2.03 bits per heavy atom. The van der Waals surface area contributed by atoms with E-state index in [9.17, 15) is 13.6 Å². The fraction of sp³-hybridized carbons (Fsp3) is 0.333. The number of hydrogen-bond acceptors (Lipinski definition) is 6. The molecule has 0 aliphatic carbocycles. The molecule has 1 amide bonds. The predicted molar refractivity (Wildman–Crippen MR) is 107 cm³/mol. The molecule has 1 aliphatic heterocycles. The number of piperazine rings is 1. The highest BCUT2D eigenvalue weighted by Gasteiger charge is 2.28. The average Bonchev–Trinajstić information content (AvgIpc) is 3.37. The normalized spacial score (nSPS) is 14.8. The van der Waals surface area contributed by atoms with Gasteiger partial charge in [0, 0.05) is 43.7 Å². The number of carbonyl (C=O) groups excluding carboxylic acids is 1. The van der Waals surface area contributed by atoms with E-state index in [1.54, 1.807) is 23.2 Å². The molecule has 158 valence electrons. The van der Waals surface area contributed by atoms with Crippen molar-refractivity contribution in [2.45, 2.75) is 20.1 Å². The second kappa shape index (κ2) is 8.93. The minimum absolute atomic E-state index is 0.0995. The Balaban J connectivity index is 1.39. The number of amides is 1. The molecule has 9 heteroatoms. The lowest BCUT2D eigenvalue weighted by molar-refractivity contribution is 0.0617. The number of aromatic nitrogens is 1. The zero-order chi connectivity index (χ0) is 21.1. The maximum atomic E-state index is 13.8. The van der Waals surface area contributed by atoms with Gasteiger partial charge >= 0.3 is 0 Å². The Bertz CT molecular complexity index is 1010. The van der Waals surface area contributed by atoms with Crippen molar-refractivity contribution in [3.05, 3.63) is 69.2 Å². The second-order valence-corrected chi connectivity index (χ2v) is 8.11. The van der Waals surface area contributed by atoms with Gasteiger partial charge in [0.2, 0.25) is 0 Å². The standard InChI is InChI=1S/C21H21F2N3O3S/c1-14-17(13-28-19-5-4-15(22)11-18(19)23)20(24-29-14)21(27)26-8-6-25(7-9-26)12-16-3-2-10-30-16/h2-5,10-11H,6-9,12-13H2,1H3. The third-order valence-electron chi connectivity index (χ3n) is 5.07. The van der Waals surface area contributed by atoms with Gasteiger partial charge in [-0.15, -0.1) is 11.3 Å². The smallest absolute Gasteiger partial charge is 0.276 e. The summed E-state index contributed by atoms with van der Waals surface area (Å²) >= 11 is 1.72. The quantitative estimate of drug-likeness (QED) is 0.591. The van der Waals surface area contributed by atoms with Crippen molar-refractivity contribution >= 4 is 17.2 Å². The van der Waals surface area contributed by atoms with Gasteiger partial charge in [0.25, 0.3) is 5.91 Å². The number of carbonyl (C=O) groups is 1. The Kier molecular flexibility index (Phi) is 6.10. The SMILES string of the molecule is Cc1onc(C(=O)N2CCN(Cc3cccs3)CC2)c1COc1ccc(F)cc1F. The molecular weight excluding hydrogens is 412 g/mol. The molecule has 3 aromatic rings. The first-order valence-electron chi connectivity index (χ1n) is 9.58. The van der Waals surface area contributed by atoms with Crippen LogP contribution < -0.4 is 4.74 Å². The lowest BCUT2D eigenvalue weighted by Crippen LogP contribution is -2.48. The van der Waals surface area contributed by atoms with E-state index in [0.29, 0.717) is 24.4 Å². The number of rotatable bonds is 6. The molecule has 0 saturated carbocycles. The van der Waals surface area contributed by atoms with E-state index in [1.165, 1.54) is 10.9 Å². The molecule has 0 bridgehead atoms. The van der Waals surface area contributed by atoms with Crippen LogP contribution >= 0.6 is 11.3 Å². The van der Waals surface area contributed by atoms with Crippen molar-refractivity contribution < 1.29 is 22.8 Å². The summed E-state index contributed by atoms with van der Waals surface area (Å²) in [5.74, 6) is -1.40. The van der Waals surface area contributed by atoms with Gasteiger partial charge in [0.15, 0.2) is 17.3 Å². The molecule has 0 atom stereocenters. The lowest BCUT2D eigenvalue weighted by atomic mass is 10.1. The summed E-state index contributed by atoms with van der Waals surface area (Å²) in [6.45, 7) is 5.16. The van der Waals surface area contributed by atoms with Gasteiger partial charge in [-0.1, -0.05) is 11.2 Å². The van der Waals surface area contributed by atoms with E-state index in [-0.39, 0.29) is 24.0 Å². The van der Waals surface area contributed by atoms with Crippen LogP contribution in [0, 0.1) is 18.6 Å². The Morgan fingerprint density at radius 3 is 2.73 bits per heavy atom. The lowest BCUT2D eigenvalue weighted by Gasteiger charge is -2.34. The number of thiophene rings is 1. The molecule has 6 nitrogen and oxygen atoms in total. The van der Waals surface area contributed by atoms with Crippen LogP contribution in [-0.4, -0.2) is 47.0 Å². The van der Waals surface area contributed by atoms with E-state index in [2.05, 4.69) is 21.5 Å². The fourth-order valence-corrected chi connectivity index (χ4v) is 4.10. The van der Waals surface area contributed by atoms with Crippen LogP contribution in [0.25, 0.3) is 0 Å². The highest BCUT2D eigenvalue weighted by molar-refractivity contribution is 7.09. The van der Waals surface area contributed by atoms with Gasteiger partial charge in [0.05, 0.1) is 5.56 Å². The maximum Gasteiger partial charge on any atom is 0.276 e. The van der Waals surface area contributed by atoms with Crippen molar-refractivity contribution in [2.24, 2.45) is 0 Å². The van der Waals surface area contributed by atoms with Gasteiger partial charge in [-0.25, -0.2) is 8.78 Å². The summed E-state index contributed by atoms with van der Waals surface area (Å²) < 4.78 is 37.5. The zero-order valence-corrected chi connectivity index (χ0v) is 17.3. The van der Waals surface area contributed by atoms with Crippen molar-refractivity contribution in [3.8, 4) is 5.75 Å². The molecule has 0 radical (unpaired) electrons. The third-order valence-corrected chi connectivity index (χ3v) is 5.93. The third kappa shape index (κ3) is 4.52. The summed E-state index contributed by atoms with van der Waals surface area (Å²) in [5, 5.41) is 5.97. The van der Waals surface area contributed by atoms with E-state index in [4.69, 9.17) is 9.26 Å². The number of hydrogen-bond donors (Lipinski definition) is 0. The molecule has 0 N–H and O–H groups in total. The van der Waals surface area contributed by atoms with Gasteiger partial charge in [-0.05, 0) is 30.5 Å². The number of nitrogens with zero attached hydrogens (tertiary/aromatic N) is 3. The van der Waals surface area contributed by atoms with Gasteiger partial charge in [-0.2, -0.15) is 0 Å². The highest BCUT2D eigenvalue weighted by Crippen LogP contribution is 2.23. The molecule has 0 spiro atoms. The van der Waals surface area contributed by atoms with Crippen molar-refractivity contribution in [3.63, 3.8) is 0 Å². The Labute approximate surface area is 176 Å². The second-order valence-electron chi connectivity index (χ2n) is 7.08. The molecule has 1 fully saturated rings. The van der Waals surface area contributed by atoms with Gasteiger partial charge in [0.1, 0.15) is 18.2 Å². The topological polar surface area (TPSA) is 58.8 Å². The number of halogens is 2. The molecule has 4 rings (SSSR count). The van der Waals surface area contributed by atoms with Crippen LogP contribution in [0.3, 0.4) is 0 Å². The maximum absolute atomic E-state index is 13.8. The molecule has 30 heavy (non-hydrogen) atoms. The van der Waals surface area contributed by atoms with Gasteiger partial charge < -0.3 is 14.2 Å². The zero-order valence-electron chi connectivity index (χ0n) is 16.4. The van der Waals surface area contributed by atoms with Crippen LogP contribution in [0.15, 0.2) is 40.2 Å². The summed E-state index contributed by atoms with van der Waals surface area (Å²) in [6.07, 6.45) is 0. The molecule has 1 saturated heterocycles. The summed E-state index contributed by atoms with van der Waals surface area (Å²) in [5.41, 5.74) is 0.631. The Morgan fingerprint density at radius 1 is 1.23 bits per heavy atom. The predicted octanol–water partition coefficient (Wildman–Crippen LogP) is 3.86. The van der Waals surface area contributed by atoms with Crippen LogP contribution in [0.5, 0.6) is 5.75 Å². The Hall–Kier alpha value is -2.78. The van der Waals surface area contributed by atoms with Crippen LogP contribution in [0.4, 0.5) is 8.78 Å².